The molecule has 122 valence electrons. The summed E-state index contributed by atoms with van der Waals surface area (Å²) in [6, 6.07) is 12.0. The molecular formula is C16H16ClNO3S2. The van der Waals surface area contributed by atoms with E-state index in [4.69, 9.17) is 11.6 Å². The molecule has 0 aliphatic rings. The van der Waals surface area contributed by atoms with Crippen LogP contribution in [-0.4, -0.2) is 26.3 Å². The van der Waals surface area contributed by atoms with Crippen LogP contribution in [0.25, 0.3) is 0 Å². The third-order valence-corrected chi connectivity index (χ3v) is 5.71. The summed E-state index contributed by atoms with van der Waals surface area (Å²) in [5, 5.41) is 2.95. The van der Waals surface area contributed by atoms with E-state index in [1.54, 1.807) is 0 Å². The van der Waals surface area contributed by atoms with Gasteiger partial charge < -0.3 is 5.32 Å². The number of hydrogen-bond donors (Lipinski definition) is 1. The maximum Gasteiger partial charge on any atom is 0.234 e. The number of anilines is 1. The Bertz CT molecular complexity index is 835. The van der Waals surface area contributed by atoms with E-state index >= 15 is 0 Å². The topological polar surface area (TPSA) is 63.2 Å². The molecule has 0 bridgehead atoms. The molecular weight excluding hydrogens is 354 g/mol. The number of hydrogen-bond acceptors (Lipinski definition) is 4. The zero-order chi connectivity index (χ0) is 17.0. The Morgan fingerprint density at radius 3 is 2.57 bits per heavy atom. The maximum atomic E-state index is 12.1. The van der Waals surface area contributed by atoms with Crippen molar-refractivity contribution in [2.24, 2.45) is 0 Å². The van der Waals surface area contributed by atoms with Crippen LogP contribution >= 0.6 is 23.4 Å². The van der Waals surface area contributed by atoms with Gasteiger partial charge in [-0.3, -0.25) is 4.79 Å². The SMILES string of the molecule is Cc1ccccc1SCC(=O)Nc1cc(S(C)(=O)=O)ccc1Cl. The molecule has 0 saturated heterocycles. The number of carbonyl (C=O) groups is 1. The first-order valence-electron chi connectivity index (χ1n) is 6.75. The van der Waals surface area contributed by atoms with E-state index in [2.05, 4.69) is 5.32 Å². The molecule has 0 spiro atoms. The number of rotatable bonds is 5. The minimum absolute atomic E-state index is 0.115. The van der Waals surface area contributed by atoms with Gasteiger partial charge in [0.2, 0.25) is 5.91 Å². The number of sulfone groups is 1. The largest absolute Gasteiger partial charge is 0.324 e. The van der Waals surface area contributed by atoms with Gasteiger partial charge in [-0.05, 0) is 36.8 Å². The normalized spacial score (nSPS) is 11.3. The molecule has 0 atom stereocenters. The van der Waals surface area contributed by atoms with Gasteiger partial charge in [0.25, 0.3) is 0 Å². The Kier molecular flexibility index (Phi) is 5.73. The van der Waals surface area contributed by atoms with Gasteiger partial charge in [-0.1, -0.05) is 29.8 Å². The number of nitrogens with one attached hydrogen (secondary N) is 1. The molecule has 0 aliphatic carbocycles. The van der Waals surface area contributed by atoms with Gasteiger partial charge in [-0.2, -0.15) is 0 Å². The summed E-state index contributed by atoms with van der Waals surface area (Å²) >= 11 is 7.43. The van der Waals surface area contributed by atoms with Crippen molar-refractivity contribution in [1.82, 2.24) is 0 Å². The van der Waals surface area contributed by atoms with Gasteiger partial charge in [0.05, 0.1) is 21.4 Å². The number of amides is 1. The van der Waals surface area contributed by atoms with E-state index in [-0.39, 0.29) is 16.6 Å². The van der Waals surface area contributed by atoms with Crippen LogP contribution in [0.3, 0.4) is 0 Å². The Hall–Kier alpha value is -1.50. The lowest BCUT2D eigenvalue weighted by Crippen LogP contribution is -2.15. The van der Waals surface area contributed by atoms with Crippen LogP contribution in [0.2, 0.25) is 5.02 Å². The molecule has 1 N–H and O–H groups in total. The standard InChI is InChI=1S/C16H16ClNO3S2/c1-11-5-3-4-6-15(11)22-10-16(19)18-14-9-12(23(2,20)21)7-8-13(14)17/h3-9H,10H2,1-2H3,(H,18,19). The fourth-order valence-corrected chi connectivity index (χ4v) is 3.52. The van der Waals surface area contributed by atoms with Crippen LogP contribution in [0.1, 0.15) is 5.56 Å². The van der Waals surface area contributed by atoms with Crippen LogP contribution in [0.4, 0.5) is 5.69 Å². The van der Waals surface area contributed by atoms with Gasteiger partial charge in [0.15, 0.2) is 9.84 Å². The van der Waals surface area contributed by atoms with E-state index in [1.807, 2.05) is 31.2 Å². The van der Waals surface area contributed by atoms with Crippen molar-refractivity contribution in [1.29, 1.82) is 0 Å². The van der Waals surface area contributed by atoms with E-state index < -0.39 is 9.84 Å². The molecule has 1 amide bonds. The van der Waals surface area contributed by atoms with E-state index in [9.17, 15) is 13.2 Å². The second-order valence-electron chi connectivity index (χ2n) is 5.02. The Morgan fingerprint density at radius 1 is 1.22 bits per heavy atom. The molecule has 0 aromatic heterocycles. The molecule has 0 fully saturated rings. The highest BCUT2D eigenvalue weighted by Gasteiger charge is 2.12. The van der Waals surface area contributed by atoms with Crippen molar-refractivity contribution < 1.29 is 13.2 Å². The summed E-state index contributed by atoms with van der Waals surface area (Å²) in [7, 11) is -3.35. The first kappa shape index (κ1) is 17.8. The summed E-state index contributed by atoms with van der Waals surface area (Å²) in [6.45, 7) is 1.98. The van der Waals surface area contributed by atoms with Crippen LogP contribution < -0.4 is 5.32 Å². The highest BCUT2D eigenvalue weighted by Crippen LogP contribution is 2.26. The summed E-state index contributed by atoms with van der Waals surface area (Å²) in [5.74, 6) is -0.0320. The highest BCUT2D eigenvalue weighted by molar-refractivity contribution is 8.00. The number of thioether (sulfide) groups is 1. The predicted molar refractivity (Wildman–Crippen MR) is 95.1 cm³/mol. The van der Waals surface area contributed by atoms with Crippen molar-refractivity contribution in [3.05, 3.63) is 53.1 Å². The first-order valence-corrected chi connectivity index (χ1v) is 10.0. The van der Waals surface area contributed by atoms with Gasteiger partial charge in [-0.15, -0.1) is 11.8 Å². The average molecular weight is 370 g/mol. The monoisotopic (exact) mass is 369 g/mol. The maximum absolute atomic E-state index is 12.1. The molecule has 0 saturated carbocycles. The average Bonchev–Trinajstić information content (AvgIpc) is 2.47. The minimum Gasteiger partial charge on any atom is -0.324 e. The lowest BCUT2D eigenvalue weighted by molar-refractivity contribution is -0.113. The van der Waals surface area contributed by atoms with E-state index in [1.165, 1.54) is 30.0 Å². The third-order valence-electron chi connectivity index (χ3n) is 3.09. The zero-order valence-corrected chi connectivity index (χ0v) is 15.1. The number of aryl methyl sites for hydroxylation is 1. The van der Waals surface area contributed by atoms with Crippen molar-refractivity contribution >= 4 is 44.8 Å². The first-order chi connectivity index (χ1) is 10.8. The van der Waals surface area contributed by atoms with Crippen LogP contribution in [0, 0.1) is 6.92 Å². The van der Waals surface area contributed by atoms with E-state index in [0.717, 1.165) is 16.7 Å². The Morgan fingerprint density at radius 2 is 1.91 bits per heavy atom. The fraction of sp³-hybridized carbons (Fsp3) is 0.188. The molecule has 7 heteroatoms. The predicted octanol–water partition coefficient (Wildman–Crippen LogP) is 3.78. The van der Waals surface area contributed by atoms with Crippen molar-refractivity contribution in [2.75, 3.05) is 17.3 Å². The molecule has 0 aliphatic heterocycles. The molecule has 0 radical (unpaired) electrons. The Balaban J connectivity index is 2.07. The summed E-state index contributed by atoms with van der Waals surface area (Å²) < 4.78 is 23.1. The molecule has 4 nitrogen and oxygen atoms in total. The van der Waals surface area contributed by atoms with Gasteiger partial charge >= 0.3 is 0 Å². The smallest absolute Gasteiger partial charge is 0.234 e. The second kappa shape index (κ2) is 7.38. The molecule has 2 aromatic rings. The number of carbonyl (C=O) groups excluding carboxylic acids is 1. The fourth-order valence-electron chi connectivity index (χ4n) is 1.88. The van der Waals surface area contributed by atoms with Crippen molar-refractivity contribution in [3.8, 4) is 0 Å². The van der Waals surface area contributed by atoms with Crippen LogP contribution in [0.15, 0.2) is 52.3 Å². The highest BCUT2D eigenvalue weighted by atomic mass is 35.5. The van der Waals surface area contributed by atoms with Crippen LogP contribution in [0.5, 0.6) is 0 Å². The Labute approximate surface area is 145 Å². The minimum atomic E-state index is -3.35. The summed E-state index contributed by atoms with van der Waals surface area (Å²) in [5.41, 5.74) is 1.40. The molecule has 2 aromatic carbocycles. The number of benzene rings is 2. The van der Waals surface area contributed by atoms with Gasteiger partial charge in [-0.25, -0.2) is 8.42 Å². The molecule has 0 unspecified atom stereocenters. The third kappa shape index (κ3) is 4.99. The summed E-state index contributed by atoms with van der Waals surface area (Å²) in [6.07, 6.45) is 1.11. The summed E-state index contributed by atoms with van der Waals surface area (Å²) in [4.78, 5) is 13.2. The van der Waals surface area contributed by atoms with Gasteiger partial charge in [0, 0.05) is 11.2 Å². The molecule has 2 rings (SSSR count). The van der Waals surface area contributed by atoms with Crippen molar-refractivity contribution in [3.63, 3.8) is 0 Å². The second-order valence-corrected chi connectivity index (χ2v) is 8.46. The lowest BCUT2D eigenvalue weighted by atomic mass is 10.2. The quantitative estimate of drug-likeness (QED) is 0.814. The van der Waals surface area contributed by atoms with Crippen molar-refractivity contribution in [2.45, 2.75) is 16.7 Å². The lowest BCUT2D eigenvalue weighted by Gasteiger charge is -2.09. The molecule has 23 heavy (non-hydrogen) atoms. The molecule has 0 heterocycles. The van der Waals surface area contributed by atoms with Crippen LogP contribution in [-0.2, 0) is 14.6 Å². The number of halogens is 1. The van der Waals surface area contributed by atoms with E-state index in [0.29, 0.717) is 10.7 Å². The zero-order valence-electron chi connectivity index (χ0n) is 12.7. The van der Waals surface area contributed by atoms with Gasteiger partial charge in [0.1, 0.15) is 0 Å².